The number of methoxy groups -OCH3 is 1. The van der Waals surface area contributed by atoms with Crippen LogP contribution in [0.5, 0.6) is 5.75 Å². The number of hydrogen-bond acceptors (Lipinski definition) is 3. The fourth-order valence-corrected chi connectivity index (χ4v) is 2.80. The van der Waals surface area contributed by atoms with E-state index in [2.05, 4.69) is 33.3 Å². The summed E-state index contributed by atoms with van der Waals surface area (Å²) < 4.78 is 5.41. The van der Waals surface area contributed by atoms with Gasteiger partial charge in [0.1, 0.15) is 5.75 Å². The lowest BCUT2D eigenvalue weighted by molar-refractivity contribution is 0.316. The van der Waals surface area contributed by atoms with Gasteiger partial charge in [0.15, 0.2) is 0 Å². The zero-order chi connectivity index (χ0) is 13.1. The summed E-state index contributed by atoms with van der Waals surface area (Å²) in [6, 6.07) is 10.3. The molecule has 2 aromatic rings. The van der Waals surface area contributed by atoms with Gasteiger partial charge in [-0.3, -0.25) is 10.00 Å². The molecule has 0 saturated carbocycles. The molecule has 0 aliphatic carbocycles. The molecule has 1 atom stereocenters. The van der Waals surface area contributed by atoms with Crippen molar-refractivity contribution >= 4 is 0 Å². The average molecular weight is 257 g/mol. The molecule has 1 aromatic carbocycles. The van der Waals surface area contributed by atoms with E-state index in [1.54, 1.807) is 7.11 Å². The van der Waals surface area contributed by atoms with Gasteiger partial charge in [-0.1, -0.05) is 18.2 Å². The second-order valence-corrected chi connectivity index (χ2v) is 5.04. The summed E-state index contributed by atoms with van der Waals surface area (Å²) in [6.07, 6.45) is 3.02. The fraction of sp³-hybridized carbons (Fsp3) is 0.400. The Morgan fingerprint density at radius 3 is 3.05 bits per heavy atom. The van der Waals surface area contributed by atoms with Crippen LogP contribution < -0.4 is 4.74 Å². The predicted octanol–water partition coefficient (Wildman–Crippen LogP) is 2.41. The maximum Gasteiger partial charge on any atom is 0.123 e. The smallest absolute Gasteiger partial charge is 0.123 e. The van der Waals surface area contributed by atoms with Gasteiger partial charge in [-0.2, -0.15) is 5.10 Å². The Morgan fingerprint density at radius 2 is 2.26 bits per heavy atom. The topological polar surface area (TPSA) is 41.1 Å². The number of aromatic nitrogens is 2. The number of nitrogens with zero attached hydrogens (tertiary/aromatic N) is 2. The van der Waals surface area contributed by atoms with Gasteiger partial charge in [0, 0.05) is 36.5 Å². The number of aromatic amines is 1. The van der Waals surface area contributed by atoms with Gasteiger partial charge in [0.2, 0.25) is 0 Å². The Morgan fingerprint density at radius 1 is 1.37 bits per heavy atom. The van der Waals surface area contributed by atoms with Crippen LogP contribution in [0, 0.1) is 0 Å². The van der Waals surface area contributed by atoms with Crippen LogP contribution in [-0.2, 0) is 6.54 Å². The first-order valence-electron chi connectivity index (χ1n) is 6.70. The zero-order valence-electron chi connectivity index (χ0n) is 11.2. The highest BCUT2D eigenvalue weighted by atomic mass is 16.5. The van der Waals surface area contributed by atoms with Crippen LogP contribution in [0.4, 0.5) is 0 Å². The molecular weight excluding hydrogens is 238 g/mol. The molecule has 0 radical (unpaired) electrons. The Hall–Kier alpha value is -1.81. The molecule has 0 amide bonds. The highest BCUT2D eigenvalue weighted by Gasteiger charge is 2.25. The van der Waals surface area contributed by atoms with Crippen molar-refractivity contribution in [2.24, 2.45) is 0 Å². The number of benzene rings is 1. The molecule has 1 aliphatic heterocycles. The molecule has 1 aromatic heterocycles. The highest BCUT2D eigenvalue weighted by Crippen LogP contribution is 2.28. The number of nitrogens with one attached hydrogen (secondary N) is 1. The van der Waals surface area contributed by atoms with E-state index in [4.69, 9.17) is 4.74 Å². The SMILES string of the molecule is COc1ccccc1CN1CC[C@@H](c2ccn[nH]2)C1. The third-order valence-electron chi connectivity index (χ3n) is 3.82. The van der Waals surface area contributed by atoms with Crippen LogP contribution in [0.25, 0.3) is 0 Å². The Bertz CT molecular complexity index is 524. The third-order valence-corrected chi connectivity index (χ3v) is 3.82. The standard InChI is InChI=1S/C15H19N3O/c1-19-15-5-3-2-4-13(15)11-18-9-7-12(10-18)14-6-8-16-17-14/h2-6,8,12H,7,9-11H2,1H3,(H,16,17)/t12-/m1/s1. The number of likely N-dealkylation sites (tertiary alicyclic amines) is 1. The lowest BCUT2D eigenvalue weighted by Gasteiger charge is -2.17. The van der Waals surface area contributed by atoms with Gasteiger partial charge >= 0.3 is 0 Å². The molecule has 3 rings (SSSR count). The molecule has 0 unspecified atom stereocenters. The zero-order valence-corrected chi connectivity index (χ0v) is 11.2. The van der Waals surface area contributed by atoms with Crippen molar-refractivity contribution in [1.82, 2.24) is 15.1 Å². The summed E-state index contributed by atoms with van der Waals surface area (Å²) >= 11 is 0. The van der Waals surface area contributed by atoms with E-state index in [1.807, 2.05) is 18.3 Å². The number of para-hydroxylation sites is 1. The first-order valence-corrected chi connectivity index (χ1v) is 6.70. The number of H-pyrrole nitrogens is 1. The minimum absolute atomic E-state index is 0.581. The third kappa shape index (κ3) is 2.63. The van der Waals surface area contributed by atoms with Gasteiger partial charge < -0.3 is 4.74 Å². The van der Waals surface area contributed by atoms with E-state index in [9.17, 15) is 0 Å². The molecule has 2 heterocycles. The molecule has 1 N–H and O–H groups in total. The molecular formula is C15H19N3O. The van der Waals surface area contributed by atoms with Crippen molar-refractivity contribution in [3.63, 3.8) is 0 Å². The van der Waals surface area contributed by atoms with Crippen LogP contribution in [0.3, 0.4) is 0 Å². The fourth-order valence-electron chi connectivity index (χ4n) is 2.80. The van der Waals surface area contributed by atoms with Crippen molar-refractivity contribution in [1.29, 1.82) is 0 Å². The first kappa shape index (κ1) is 12.2. The molecule has 0 bridgehead atoms. The van der Waals surface area contributed by atoms with Gasteiger partial charge in [0.25, 0.3) is 0 Å². The second kappa shape index (κ2) is 5.45. The van der Waals surface area contributed by atoms with Gasteiger partial charge in [-0.15, -0.1) is 0 Å². The molecule has 19 heavy (non-hydrogen) atoms. The molecule has 4 nitrogen and oxygen atoms in total. The number of rotatable bonds is 4. The van der Waals surface area contributed by atoms with Crippen molar-refractivity contribution in [2.75, 3.05) is 20.2 Å². The summed E-state index contributed by atoms with van der Waals surface area (Å²) in [4.78, 5) is 2.48. The van der Waals surface area contributed by atoms with E-state index in [0.717, 1.165) is 25.4 Å². The molecule has 1 saturated heterocycles. The summed E-state index contributed by atoms with van der Waals surface area (Å²) in [7, 11) is 1.73. The summed E-state index contributed by atoms with van der Waals surface area (Å²) in [6.45, 7) is 3.16. The second-order valence-electron chi connectivity index (χ2n) is 5.04. The van der Waals surface area contributed by atoms with Crippen molar-refractivity contribution in [3.05, 3.63) is 47.8 Å². The Balaban J connectivity index is 1.66. The summed E-state index contributed by atoms with van der Waals surface area (Å²) in [5.41, 5.74) is 2.51. The number of ether oxygens (including phenoxy) is 1. The van der Waals surface area contributed by atoms with E-state index in [-0.39, 0.29) is 0 Å². The molecule has 0 spiro atoms. The van der Waals surface area contributed by atoms with Crippen molar-refractivity contribution in [2.45, 2.75) is 18.9 Å². The minimum Gasteiger partial charge on any atom is -0.496 e. The van der Waals surface area contributed by atoms with E-state index >= 15 is 0 Å². The number of hydrogen-bond donors (Lipinski definition) is 1. The summed E-state index contributed by atoms with van der Waals surface area (Å²) in [5.74, 6) is 1.56. The average Bonchev–Trinajstić information content (AvgIpc) is 3.09. The molecule has 1 aliphatic rings. The predicted molar refractivity (Wildman–Crippen MR) is 74.2 cm³/mol. The Labute approximate surface area is 113 Å². The van der Waals surface area contributed by atoms with E-state index in [1.165, 1.54) is 17.7 Å². The molecule has 4 heteroatoms. The normalized spacial score (nSPS) is 19.7. The van der Waals surface area contributed by atoms with Gasteiger partial charge in [0.05, 0.1) is 7.11 Å². The monoisotopic (exact) mass is 257 g/mol. The van der Waals surface area contributed by atoms with E-state index < -0.39 is 0 Å². The van der Waals surface area contributed by atoms with E-state index in [0.29, 0.717) is 5.92 Å². The first-order chi connectivity index (χ1) is 9.36. The largest absolute Gasteiger partial charge is 0.496 e. The van der Waals surface area contributed by atoms with Crippen LogP contribution in [-0.4, -0.2) is 35.3 Å². The molecule has 1 fully saturated rings. The Kier molecular flexibility index (Phi) is 3.51. The molecule has 100 valence electrons. The van der Waals surface area contributed by atoms with Crippen LogP contribution in [0.1, 0.15) is 23.6 Å². The minimum atomic E-state index is 0.581. The lowest BCUT2D eigenvalue weighted by atomic mass is 10.1. The van der Waals surface area contributed by atoms with Crippen molar-refractivity contribution in [3.8, 4) is 5.75 Å². The van der Waals surface area contributed by atoms with Crippen LogP contribution in [0.2, 0.25) is 0 Å². The quantitative estimate of drug-likeness (QED) is 0.914. The van der Waals surface area contributed by atoms with Gasteiger partial charge in [-0.25, -0.2) is 0 Å². The highest BCUT2D eigenvalue weighted by molar-refractivity contribution is 5.33. The lowest BCUT2D eigenvalue weighted by Crippen LogP contribution is -2.20. The van der Waals surface area contributed by atoms with Crippen LogP contribution >= 0.6 is 0 Å². The maximum absolute atomic E-state index is 5.41. The maximum atomic E-state index is 5.41. The summed E-state index contributed by atoms with van der Waals surface area (Å²) in [5, 5.41) is 7.12. The van der Waals surface area contributed by atoms with Crippen LogP contribution in [0.15, 0.2) is 36.5 Å². The van der Waals surface area contributed by atoms with Crippen molar-refractivity contribution < 1.29 is 4.74 Å². The van der Waals surface area contributed by atoms with Gasteiger partial charge in [-0.05, 0) is 25.1 Å².